The average Bonchev–Trinajstić information content (AvgIpc) is 2.28. The highest BCUT2D eigenvalue weighted by atomic mass is 79.9. The van der Waals surface area contributed by atoms with Gasteiger partial charge >= 0.3 is 0 Å². The fourth-order valence-corrected chi connectivity index (χ4v) is 2.44. The Labute approximate surface area is 117 Å². The molecule has 0 amide bonds. The van der Waals surface area contributed by atoms with E-state index in [1.807, 2.05) is 6.07 Å². The van der Waals surface area contributed by atoms with Gasteiger partial charge in [-0.1, -0.05) is 34.1 Å². The van der Waals surface area contributed by atoms with Gasteiger partial charge in [-0.15, -0.1) is 0 Å². The van der Waals surface area contributed by atoms with Crippen LogP contribution in [0.1, 0.15) is 25.8 Å². The van der Waals surface area contributed by atoms with E-state index in [0.29, 0.717) is 0 Å². The van der Waals surface area contributed by atoms with E-state index in [0.717, 1.165) is 37.2 Å². The molecule has 0 spiro atoms. The molecule has 96 valence electrons. The Morgan fingerprint density at radius 1 is 1.35 bits per heavy atom. The lowest BCUT2D eigenvalue weighted by atomic mass is 9.95. The minimum atomic E-state index is 0.0734. The summed E-state index contributed by atoms with van der Waals surface area (Å²) in [4.78, 5) is 0. The lowest BCUT2D eigenvalue weighted by molar-refractivity contribution is 0.387. The molecule has 0 atom stereocenters. The molecular formula is C13H20BrNOS. The Hall–Kier alpha value is -0.0300. The van der Waals surface area contributed by atoms with Gasteiger partial charge in [0.2, 0.25) is 0 Å². The number of halogens is 1. The van der Waals surface area contributed by atoms with Crippen LogP contribution in [0.25, 0.3) is 0 Å². The van der Waals surface area contributed by atoms with Gasteiger partial charge in [0, 0.05) is 15.8 Å². The maximum Gasteiger partial charge on any atom is 0.0207 e. The summed E-state index contributed by atoms with van der Waals surface area (Å²) in [6, 6.07) is 8.33. The van der Waals surface area contributed by atoms with Crippen molar-refractivity contribution in [2.45, 2.75) is 32.2 Å². The summed E-state index contributed by atoms with van der Waals surface area (Å²) in [5.74, 6) is 0.790. The van der Waals surface area contributed by atoms with Crippen molar-refractivity contribution in [1.82, 2.24) is 5.32 Å². The molecule has 0 radical (unpaired) electrons. The smallest absolute Gasteiger partial charge is 0.0207 e. The standard InChI is InChI=1S/C13H20BrNOS/c1-13(2,15-8-5-9-17-16)10-11-6-3-4-7-12(11)14/h3-4,6-7,15-16H,5,8-10H2,1-2H3. The van der Waals surface area contributed by atoms with Gasteiger partial charge in [0.05, 0.1) is 0 Å². The third-order valence-corrected chi connectivity index (χ3v) is 3.85. The number of hydrogen-bond acceptors (Lipinski definition) is 3. The number of nitrogens with one attached hydrogen (secondary N) is 1. The van der Waals surface area contributed by atoms with E-state index in [1.54, 1.807) is 0 Å². The van der Waals surface area contributed by atoms with Crippen molar-refractivity contribution in [2.24, 2.45) is 0 Å². The van der Waals surface area contributed by atoms with E-state index in [9.17, 15) is 0 Å². The van der Waals surface area contributed by atoms with E-state index in [-0.39, 0.29) is 5.54 Å². The minimum Gasteiger partial charge on any atom is -0.330 e. The molecule has 1 aromatic rings. The van der Waals surface area contributed by atoms with Crippen molar-refractivity contribution in [2.75, 3.05) is 12.3 Å². The Bertz CT molecular complexity index is 344. The fourth-order valence-electron chi connectivity index (χ4n) is 1.74. The highest BCUT2D eigenvalue weighted by molar-refractivity contribution is 9.10. The van der Waals surface area contributed by atoms with E-state index >= 15 is 0 Å². The van der Waals surface area contributed by atoms with Crippen LogP contribution >= 0.6 is 28.0 Å². The van der Waals surface area contributed by atoms with E-state index in [2.05, 4.69) is 53.3 Å². The van der Waals surface area contributed by atoms with Crippen molar-refractivity contribution in [1.29, 1.82) is 0 Å². The number of benzene rings is 1. The summed E-state index contributed by atoms with van der Waals surface area (Å²) in [6.07, 6.45) is 1.97. The van der Waals surface area contributed by atoms with Crippen LogP contribution < -0.4 is 5.32 Å². The zero-order valence-electron chi connectivity index (χ0n) is 10.4. The molecule has 1 aromatic carbocycles. The second-order valence-electron chi connectivity index (χ2n) is 4.77. The highest BCUT2D eigenvalue weighted by Crippen LogP contribution is 2.21. The molecule has 0 bridgehead atoms. The maximum absolute atomic E-state index is 8.65. The lowest BCUT2D eigenvalue weighted by Gasteiger charge is -2.27. The minimum absolute atomic E-state index is 0.0734. The monoisotopic (exact) mass is 317 g/mol. The molecular weight excluding hydrogens is 298 g/mol. The molecule has 0 saturated carbocycles. The van der Waals surface area contributed by atoms with Gasteiger partial charge in [-0.05, 0) is 56.9 Å². The molecule has 2 nitrogen and oxygen atoms in total. The SMILES string of the molecule is CC(C)(Cc1ccccc1Br)NCCCSO. The van der Waals surface area contributed by atoms with Crippen LogP contribution in [0.15, 0.2) is 28.7 Å². The molecule has 0 heterocycles. The predicted octanol–water partition coefficient (Wildman–Crippen LogP) is 3.96. The summed E-state index contributed by atoms with van der Waals surface area (Å²) in [6.45, 7) is 5.35. The Balaban J connectivity index is 2.46. The van der Waals surface area contributed by atoms with Gasteiger partial charge in [0.1, 0.15) is 0 Å². The molecule has 0 aromatic heterocycles. The van der Waals surface area contributed by atoms with Gasteiger partial charge in [0.25, 0.3) is 0 Å². The van der Waals surface area contributed by atoms with Crippen LogP contribution in [0, 0.1) is 0 Å². The van der Waals surface area contributed by atoms with Gasteiger partial charge in [-0.2, -0.15) is 0 Å². The fraction of sp³-hybridized carbons (Fsp3) is 0.538. The molecule has 0 aliphatic rings. The molecule has 4 heteroatoms. The summed E-state index contributed by atoms with van der Waals surface area (Å²) < 4.78 is 9.82. The molecule has 0 aliphatic carbocycles. The third kappa shape index (κ3) is 5.91. The maximum atomic E-state index is 8.65. The van der Waals surface area contributed by atoms with Crippen LogP contribution in [0.3, 0.4) is 0 Å². The first kappa shape index (κ1) is 15.0. The van der Waals surface area contributed by atoms with Gasteiger partial charge in [-0.25, -0.2) is 0 Å². The second-order valence-corrected chi connectivity index (χ2v) is 6.29. The summed E-state index contributed by atoms with van der Waals surface area (Å²) in [5.41, 5.74) is 1.39. The van der Waals surface area contributed by atoms with Crippen molar-refractivity contribution in [3.8, 4) is 0 Å². The quantitative estimate of drug-likeness (QED) is 0.590. The zero-order valence-corrected chi connectivity index (χ0v) is 12.8. The Morgan fingerprint density at radius 3 is 2.71 bits per heavy atom. The van der Waals surface area contributed by atoms with Crippen LogP contribution in [0.2, 0.25) is 0 Å². The number of hydrogen-bond donors (Lipinski definition) is 2. The van der Waals surface area contributed by atoms with E-state index in [4.69, 9.17) is 4.55 Å². The molecule has 1 rings (SSSR count). The van der Waals surface area contributed by atoms with Crippen molar-refractivity contribution >= 4 is 28.0 Å². The zero-order chi connectivity index (χ0) is 12.7. The van der Waals surface area contributed by atoms with Gasteiger partial charge < -0.3 is 9.87 Å². The van der Waals surface area contributed by atoms with Crippen molar-refractivity contribution < 1.29 is 4.55 Å². The normalized spacial score (nSPS) is 11.8. The summed E-state index contributed by atoms with van der Waals surface area (Å²) in [5, 5.41) is 3.52. The highest BCUT2D eigenvalue weighted by Gasteiger charge is 2.18. The topological polar surface area (TPSA) is 32.3 Å². The van der Waals surface area contributed by atoms with Crippen molar-refractivity contribution in [3.63, 3.8) is 0 Å². The second kappa shape index (κ2) is 7.41. The molecule has 17 heavy (non-hydrogen) atoms. The summed E-state index contributed by atoms with van der Waals surface area (Å²) >= 11 is 4.49. The first-order valence-corrected chi connectivity index (χ1v) is 7.53. The molecule has 0 fully saturated rings. The Morgan fingerprint density at radius 2 is 2.06 bits per heavy atom. The first-order chi connectivity index (χ1) is 8.05. The third-order valence-electron chi connectivity index (χ3n) is 2.61. The average molecular weight is 318 g/mol. The number of rotatable bonds is 7. The predicted molar refractivity (Wildman–Crippen MR) is 79.6 cm³/mol. The lowest BCUT2D eigenvalue weighted by Crippen LogP contribution is -2.42. The molecule has 0 unspecified atom stereocenters. The van der Waals surface area contributed by atoms with Crippen LogP contribution in [-0.4, -0.2) is 22.4 Å². The largest absolute Gasteiger partial charge is 0.330 e. The van der Waals surface area contributed by atoms with Crippen LogP contribution in [0.5, 0.6) is 0 Å². The van der Waals surface area contributed by atoms with Gasteiger partial charge in [-0.3, -0.25) is 0 Å². The van der Waals surface area contributed by atoms with E-state index < -0.39 is 0 Å². The van der Waals surface area contributed by atoms with Crippen molar-refractivity contribution in [3.05, 3.63) is 34.3 Å². The molecule has 2 N–H and O–H groups in total. The Kier molecular flexibility index (Phi) is 6.55. The van der Waals surface area contributed by atoms with Crippen LogP contribution in [0.4, 0.5) is 0 Å². The van der Waals surface area contributed by atoms with Crippen LogP contribution in [-0.2, 0) is 6.42 Å². The molecule has 0 saturated heterocycles. The molecule has 0 aliphatic heterocycles. The van der Waals surface area contributed by atoms with Gasteiger partial charge in [0.15, 0.2) is 0 Å². The summed E-state index contributed by atoms with van der Waals surface area (Å²) in [7, 11) is 0. The van der Waals surface area contributed by atoms with E-state index in [1.165, 1.54) is 10.0 Å². The first-order valence-electron chi connectivity index (χ1n) is 5.80.